The molecule has 0 unspecified atom stereocenters. The van der Waals surface area contributed by atoms with E-state index in [1.807, 2.05) is 4.57 Å². The number of nitrogens with zero attached hydrogens (tertiary/aromatic N) is 3. The van der Waals surface area contributed by atoms with Gasteiger partial charge in [-0.1, -0.05) is 0 Å². The molecule has 1 aromatic heterocycles. The predicted molar refractivity (Wildman–Crippen MR) is 54.9 cm³/mol. The Morgan fingerprint density at radius 1 is 1.40 bits per heavy atom. The van der Waals surface area contributed by atoms with Gasteiger partial charge in [0.1, 0.15) is 5.69 Å². The number of carbonyl (C=O) groups excluding carboxylic acids is 1. The maximum absolute atomic E-state index is 10.4. The molecule has 5 heteroatoms. The van der Waals surface area contributed by atoms with Crippen molar-refractivity contribution in [3.63, 3.8) is 0 Å². The highest BCUT2D eigenvalue weighted by Gasteiger charge is 2.09. The number of hydrogen-bond donors (Lipinski definition) is 0. The van der Waals surface area contributed by atoms with Crippen molar-refractivity contribution in [2.75, 3.05) is 32.8 Å². The minimum absolute atomic E-state index is 0.497. The van der Waals surface area contributed by atoms with Crippen LogP contribution in [0, 0.1) is 0 Å². The minimum atomic E-state index is 0.497. The van der Waals surface area contributed by atoms with Crippen molar-refractivity contribution >= 4 is 6.29 Å². The third kappa shape index (κ3) is 2.87. The highest BCUT2D eigenvalue weighted by atomic mass is 16.5. The van der Waals surface area contributed by atoms with E-state index in [0.29, 0.717) is 5.69 Å². The number of hydrogen-bond acceptors (Lipinski definition) is 4. The summed E-state index contributed by atoms with van der Waals surface area (Å²) in [6.45, 7) is 5.50. The number of carbonyl (C=O) groups is 1. The molecule has 0 spiro atoms. The lowest BCUT2D eigenvalue weighted by Crippen LogP contribution is -2.38. The molecule has 1 aliphatic heterocycles. The van der Waals surface area contributed by atoms with Gasteiger partial charge in [0.15, 0.2) is 6.29 Å². The van der Waals surface area contributed by atoms with E-state index in [9.17, 15) is 4.79 Å². The van der Waals surface area contributed by atoms with Gasteiger partial charge in [-0.3, -0.25) is 9.69 Å². The molecule has 0 aromatic carbocycles. The van der Waals surface area contributed by atoms with Crippen LogP contribution in [0.3, 0.4) is 0 Å². The molecule has 0 amide bonds. The summed E-state index contributed by atoms with van der Waals surface area (Å²) in [7, 11) is 0. The highest BCUT2D eigenvalue weighted by Crippen LogP contribution is 1.98. The van der Waals surface area contributed by atoms with Crippen LogP contribution in [-0.4, -0.2) is 53.6 Å². The normalized spacial score (nSPS) is 17.9. The molecule has 1 fully saturated rings. The van der Waals surface area contributed by atoms with Gasteiger partial charge in [-0.25, -0.2) is 4.98 Å². The van der Waals surface area contributed by atoms with E-state index in [1.54, 1.807) is 12.5 Å². The lowest BCUT2D eigenvalue weighted by Gasteiger charge is -2.26. The van der Waals surface area contributed by atoms with E-state index in [-0.39, 0.29) is 0 Å². The molecule has 2 rings (SSSR count). The van der Waals surface area contributed by atoms with Crippen molar-refractivity contribution in [1.82, 2.24) is 14.5 Å². The lowest BCUT2D eigenvalue weighted by molar-refractivity contribution is 0.0364. The monoisotopic (exact) mass is 209 g/mol. The summed E-state index contributed by atoms with van der Waals surface area (Å²) in [6.07, 6.45) is 4.24. The molecule has 0 saturated carbocycles. The molecule has 0 bridgehead atoms. The molecule has 5 nitrogen and oxygen atoms in total. The van der Waals surface area contributed by atoms with E-state index in [4.69, 9.17) is 4.74 Å². The average Bonchev–Trinajstić information content (AvgIpc) is 2.76. The largest absolute Gasteiger partial charge is 0.379 e. The lowest BCUT2D eigenvalue weighted by atomic mass is 10.4. The number of aldehydes is 1. The van der Waals surface area contributed by atoms with Crippen molar-refractivity contribution < 1.29 is 9.53 Å². The first-order valence-corrected chi connectivity index (χ1v) is 5.15. The molecule has 15 heavy (non-hydrogen) atoms. The molecule has 0 N–H and O–H groups in total. The van der Waals surface area contributed by atoms with Crippen LogP contribution in [0.1, 0.15) is 10.5 Å². The smallest absolute Gasteiger partial charge is 0.169 e. The van der Waals surface area contributed by atoms with Crippen LogP contribution in [0.15, 0.2) is 12.5 Å². The third-order valence-corrected chi connectivity index (χ3v) is 2.55. The number of ether oxygens (including phenoxy) is 1. The summed E-state index contributed by atoms with van der Waals surface area (Å²) in [5.41, 5.74) is 0.497. The molecule has 82 valence electrons. The van der Waals surface area contributed by atoms with Gasteiger partial charge in [0, 0.05) is 32.4 Å². The van der Waals surface area contributed by atoms with Crippen molar-refractivity contribution in [2.24, 2.45) is 0 Å². The summed E-state index contributed by atoms with van der Waals surface area (Å²) >= 11 is 0. The van der Waals surface area contributed by atoms with Crippen molar-refractivity contribution in [3.05, 3.63) is 18.2 Å². The van der Waals surface area contributed by atoms with E-state index in [2.05, 4.69) is 9.88 Å². The first-order valence-electron chi connectivity index (χ1n) is 5.15. The standard InChI is InChI=1S/C10H15N3O2/c14-8-10-7-13(9-11-10)2-1-12-3-5-15-6-4-12/h7-9H,1-6H2. The molecule has 1 saturated heterocycles. The summed E-state index contributed by atoms with van der Waals surface area (Å²) in [5.74, 6) is 0. The van der Waals surface area contributed by atoms with Gasteiger partial charge in [0.05, 0.1) is 19.5 Å². The van der Waals surface area contributed by atoms with Crippen LogP contribution in [0.25, 0.3) is 0 Å². The molecule has 1 aromatic rings. The molecular formula is C10H15N3O2. The molecule has 1 aliphatic rings. The topological polar surface area (TPSA) is 47.4 Å². The molecule has 2 heterocycles. The summed E-state index contributed by atoms with van der Waals surface area (Å²) in [5, 5.41) is 0. The SMILES string of the molecule is O=Cc1cn(CCN2CCOCC2)cn1. The maximum atomic E-state index is 10.4. The zero-order chi connectivity index (χ0) is 10.5. The fraction of sp³-hybridized carbons (Fsp3) is 0.600. The average molecular weight is 209 g/mol. The van der Waals surface area contributed by atoms with Gasteiger partial charge in [0.25, 0.3) is 0 Å². The van der Waals surface area contributed by atoms with Gasteiger partial charge in [-0.2, -0.15) is 0 Å². The van der Waals surface area contributed by atoms with Crippen LogP contribution in [0.4, 0.5) is 0 Å². The van der Waals surface area contributed by atoms with Gasteiger partial charge in [0.2, 0.25) is 0 Å². The highest BCUT2D eigenvalue weighted by molar-refractivity contribution is 5.70. The Hall–Kier alpha value is -1.20. The molecule has 0 aliphatic carbocycles. The number of rotatable bonds is 4. The van der Waals surface area contributed by atoms with Crippen LogP contribution in [-0.2, 0) is 11.3 Å². The molecule has 0 atom stereocenters. The van der Waals surface area contributed by atoms with Crippen LogP contribution in [0.2, 0.25) is 0 Å². The first kappa shape index (κ1) is 10.3. The van der Waals surface area contributed by atoms with E-state index in [0.717, 1.165) is 45.7 Å². The van der Waals surface area contributed by atoms with Crippen molar-refractivity contribution in [2.45, 2.75) is 6.54 Å². The van der Waals surface area contributed by atoms with Gasteiger partial charge >= 0.3 is 0 Å². The summed E-state index contributed by atoms with van der Waals surface area (Å²) in [4.78, 5) is 16.7. The van der Waals surface area contributed by atoms with E-state index >= 15 is 0 Å². The summed E-state index contributed by atoms with van der Waals surface area (Å²) < 4.78 is 7.21. The number of imidazole rings is 1. The zero-order valence-corrected chi connectivity index (χ0v) is 8.63. The Labute approximate surface area is 88.7 Å². The molecular weight excluding hydrogens is 194 g/mol. The van der Waals surface area contributed by atoms with Gasteiger partial charge < -0.3 is 9.30 Å². The Bertz CT molecular complexity index is 318. The van der Waals surface area contributed by atoms with Crippen LogP contribution >= 0.6 is 0 Å². The second-order valence-corrected chi connectivity index (χ2v) is 3.61. The number of aromatic nitrogens is 2. The minimum Gasteiger partial charge on any atom is -0.379 e. The fourth-order valence-electron chi connectivity index (χ4n) is 1.64. The van der Waals surface area contributed by atoms with E-state index < -0.39 is 0 Å². The Balaban J connectivity index is 1.79. The quantitative estimate of drug-likeness (QED) is 0.656. The maximum Gasteiger partial charge on any atom is 0.169 e. The first-order chi connectivity index (χ1) is 7.38. The van der Waals surface area contributed by atoms with Gasteiger partial charge in [-0.05, 0) is 0 Å². The van der Waals surface area contributed by atoms with Crippen LogP contribution in [0.5, 0.6) is 0 Å². The number of morpholine rings is 1. The fourth-order valence-corrected chi connectivity index (χ4v) is 1.64. The second kappa shape index (κ2) is 5.04. The van der Waals surface area contributed by atoms with Crippen molar-refractivity contribution in [3.8, 4) is 0 Å². The van der Waals surface area contributed by atoms with Crippen LogP contribution < -0.4 is 0 Å². The Morgan fingerprint density at radius 2 is 2.20 bits per heavy atom. The molecule has 0 radical (unpaired) electrons. The second-order valence-electron chi connectivity index (χ2n) is 3.61. The summed E-state index contributed by atoms with van der Waals surface area (Å²) in [6, 6.07) is 0. The third-order valence-electron chi connectivity index (χ3n) is 2.55. The Morgan fingerprint density at radius 3 is 2.87 bits per heavy atom. The van der Waals surface area contributed by atoms with Crippen molar-refractivity contribution in [1.29, 1.82) is 0 Å². The van der Waals surface area contributed by atoms with E-state index in [1.165, 1.54) is 0 Å². The predicted octanol–water partition coefficient (Wildman–Crippen LogP) is 0.0278. The zero-order valence-electron chi connectivity index (χ0n) is 8.63. The Kier molecular flexibility index (Phi) is 3.47. The van der Waals surface area contributed by atoms with Gasteiger partial charge in [-0.15, -0.1) is 0 Å².